The molecule has 3 nitrogen and oxygen atoms in total. The molecule has 0 N–H and O–H groups in total. The molecule has 2 aromatic rings. The van der Waals surface area contributed by atoms with E-state index in [1.165, 1.54) is 5.56 Å². The molecule has 0 bridgehead atoms. The van der Waals surface area contributed by atoms with Crippen molar-refractivity contribution in [1.29, 1.82) is 0 Å². The van der Waals surface area contributed by atoms with Gasteiger partial charge in [0.1, 0.15) is 0 Å². The average molecular weight is 389 g/mol. The van der Waals surface area contributed by atoms with Crippen LogP contribution in [0, 0.1) is 11.8 Å². The predicted molar refractivity (Wildman–Crippen MR) is 102 cm³/mol. The first-order valence-corrected chi connectivity index (χ1v) is 9.13. The molecule has 0 aliphatic heterocycles. The third kappa shape index (κ3) is 5.75. The fraction of sp³-hybridized carbons (Fsp3) is 0.400. The van der Waals surface area contributed by atoms with Crippen LogP contribution in [-0.2, 0) is 17.8 Å². The summed E-state index contributed by atoms with van der Waals surface area (Å²) >= 11 is 3.51. The molecule has 128 valence electrons. The Morgan fingerprint density at radius 1 is 1.17 bits per heavy atom. The summed E-state index contributed by atoms with van der Waals surface area (Å²) in [6.07, 6.45) is 5.20. The van der Waals surface area contributed by atoms with Crippen LogP contribution in [0.3, 0.4) is 0 Å². The van der Waals surface area contributed by atoms with E-state index < -0.39 is 0 Å². The van der Waals surface area contributed by atoms with E-state index in [1.54, 1.807) is 12.4 Å². The Morgan fingerprint density at radius 2 is 1.88 bits per heavy atom. The van der Waals surface area contributed by atoms with Crippen LogP contribution in [0.1, 0.15) is 31.4 Å². The van der Waals surface area contributed by atoms with Crippen molar-refractivity contribution in [3.05, 3.63) is 64.4 Å². The number of pyridine rings is 1. The van der Waals surface area contributed by atoms with Gasteiger partial charge in [-0.1, -0.05) is 41.9 Å². The summed E-state index contributed by atoms with van der Waals surface area (Å²) in [5, 5.41) is 0. The van der Waals surface area contributed by atoms with Crippen LogP contribution in [0.25, 0.3) is 0 Å². The zero-order valence-corrected chi connectivity index (χ0v) is 16.2. The van der Waals surface area contributed by atoms with E-state index in [0.29, 0.717) is 12.5 Å². The molecule has 1 amide bonds. The van der Waals surface area contributed by atoms with E-state index >= 15 is 0 Å². The Bertz CT molecular complexity index is 658. The topological polar surface area (TPSA) is 33.2 Å². The average Bonchev–Trinajstić information content (AvgIpc) is 2.54. The minimum atomic E-state index is 0.00568. The Kier molecular flexibility index (Phi) is 6.98. The highest BCUT2D eigenvalue weighted by Gasteiger charge is 2.23. The third-order valence-electron chi connectivity index (χ3n) is 4.02. The summed E-state index contributed by atoms with van der Waals surface area (Å²) in [6.45, 7) is 4.96. The third-order valence-corrected chi connectivity index (χ3v) is 4.51. The Balaban J connectivity index is 2.09. The molecular formula is C20H25BrN2O. The number of nitrogens with zero attached hydrogens (tertiary/aromatic N) is 2. The van der Waals surface area contributed by atoms with E-state index in [9.17, 15) is 4.79 Å². The highest BCUT2D eigenvalue weighted by atomic mass is 79.9. The van der Waals surface area contributed by atoms with Gasteiger partial charge in [-0.3, -0.25) is 9.78 Å². The number of halogens is 1. The minimum Gasteiger partial charge on any atom is -0.341 e. The first kappa shape index (κ1) is 18.7. The number of aromatic nitrogens is 1. The molecule has 0 aliphatic carbocycles. The lowest BCUT2D eigenvalue weighted by atomic mass is 9.89. The lowest BCUT2D eigenvalue weighted by Gasteiger charge is -2.25. The van der Waals surface area contributed by atoms with Crippen molar-refractivity contribution in [2.45, 2.75) is 33.2 Å². The minimum absolute atomic E-state index is 0.00568. The van der Waals surface area contributed by atoms with Crippen LogP contribution < -0.4 is 0 Å². The van der Waals surface area contributed by atoms with E-state index in [4.69, 9.17) is 0 Å². The summed E-state index contributed by atoms with van der Waals surface area (Å²) < 4.78 is 1.06. The maximum absolute atomic E-state index is 13.0. The second-order valence-electron chi connectivity index (χ2n) is 6.71. The van der Waals surface area contributed by atoms with Crippen LogP contribution in [0.5, 0.6) is 0 Å². The molecule has 2 rings (SSSR count). The van der Waals surface area contributed by atoms with Gasteiger partial charge in [-0.25, -0.2) is 0 Å². The molecule has 4 heteroatoms. The molecule has 0 unspecified atom stereocenters. The number of benzene rings is 1. The van der Waals surface area contributed by atoms with Crippen molar-refractivity contribution in [2.24, 2.45) is 11.8 Å². The summed E-state index contributed by atoms with van der Waals surface area (Å²) in [5.74, 6) is 0.701. The fourth-order valence-electron chi connectivity index (χ4n) is 2.94. The number of amides is 1. The molecule has 0 saturated carbocycles. The van der Waals surface area contributed by atoms with Crippen LogP contribution in [0.15, 0.2) is 53.3 Å². The SMILES string of the molecule is CC(C)C[C@@H](Cc1cccc(Br)c1)C(=O)N(C)Cc1ccncc1. The molecule has 0 aliphatic rings. The molecular weight excluding hydrogens is 364 g/mol. The lowest BCUT2D eigenvalue weighted by molar-refractivity contribution is -0.135. The van der Waals surface area contributed by atoms with Gasteiger partial charge >= 0.3 is 0 Å². The van der Waals surface area contributed by atoms with Crippen LogP contribution in [-0.4, -0.2) is 22.8 Å². The highest BCUT2D eigenvalue weighted by Crippen LogP contribution is 2.22. The van der Waals surface area contributed by atoms with Crippen molar-refractivity contribution in [1.82, 2.24) is 9.88 Å². The van der Waals surface area contributed by atoms with Gasteiger partial charge in [0.15, 0.2) is 0 Å². The fourth-order valence-corrected chi connectivity index (χ4v) is 3.39. The van der Waals surface area contributed by atoms with E-state index in [0.717, 1.165) is 22.9 Å². The van der Waals surface area contributed by atoms with Crippen molar-refractivity contribution < 1.29 is 4.79 Å². The van der Waals surface area contributed by atoms with Crippen molar-refractivity contribution in [3.63, 3.8) is 0 Å². The van der Waals surface area contributed by atoms with Gasteiger partial charge in [-0.15, -0.1) is 0 Å². The zero-order valence-electron chi connectivity index (χ0n) is 14.6. The molecule has 0 radical (unpaired) electrons. The molecule has 0 fully saturated rings. The number of rotatable bonds is 7. The Hall–Kier alpha value is -1.68. The molecule has 0 saturated heterocycles. The Morgan fingerprint density at radius 3 is 2.50 bits per heavy atom. The van der Waals surface area contributed by atoms with Gasteiger partial charge in [-0.05, 0) is 54.2 Å². The smallest absolute Gasteiger partial charge is 0.226 e. The summed E-state index contributed by atoms with van der Waals surface area (Å²) in [4.78, 5) is 18.8. The van der Waals surface area contributed by atoms with Gasteiger partial charge in [-0.2, -0.15) is 0 Å². The number of carbonyl (C=O) groups is 1. The second kappa shape index (κ2) is 8.97. The van der Waals surface area contributed by atoms with Gasteiger partial charge in [0, 0.05) is 36.4 Å². The number of carbonyl (C=O) groups excluding carboxylic acids is 1. The number of hydrogen-bond donors (Lipinski definition) is 0. The molecule has 0 spiro atoms. The molecule has 1 aromatic heterocycles. The van der Waals surface area contributed by atoms with Gasteiger partial charge < -0.3 is 4.90 Å². The first-order valence-electron chi connectivity index (χ1n) is 8.34. The predicted octanol–water partition coefficient (Wildman–Crippen LogP) is 4.71. The van der Waals surface area contributed by atoms with Gasteiger partial charge in [0.2, 0.25) is 5.91 Å². The number of hydrogen-bond acceptors (Lipinski definition) is 2. The maximum atomic E-state index is 13.0. The standard InChI is InChI=1S/C20H25BrN2O/c1-15(2)11-18(12-17-5-4-6-19(21)13-17)20(24)23(3)14-16-7-9-22-10-8-16/h4-10,13,15,18H,11-12,14H2,1-3H3/t18-/m0/s1. The van der Waals surface area contributed by atoms with Gasteiger partial charge in [0.25, 0.3) is 0 Å². The van der Waals surface area contributed by atoms with E-state index in [-0.39, 0.29) is 11.8 Å². The second-order valence-corrected chi connectivity index (χ2v) is 7.63. The maximum Gasteiger partial charge on any atom is 0.226 e. The van der Waals surface area contributed by atoms with Crippen LogP contribution in [0.2, 0.25) is 0 Å². The van der Waals surface area contributed by atoms with Gasteiger partial charge in [0.05, 0.1) is 0 Å². The zero-order chi connectivity index (χ0) is 17.5. The van der Waals surface area contributed by atoms with Crippen molar-refractivity contribution in [3.8, 4) is 0 Å². The lowest BCUT2D eigenvalue weighted by Crippen LogP contribution is -2.34. The van der Waals surface area contributed by atoms with E-state index in [2.05, 4.69) is 46.9 Å². The summed E-state index contributed by atoms with van der Waals surface area (Å²) in [7, 11) is 1.89. The monoisotopic (exact) mass is 388 g/mol. The summed E-state index contributed by atoms with van der Waals surface area (Å²) in [5.41, 5.74) is 2.30. The molecule has 1 aromatic carbocycles. The first-order chi connectivity index (χ1) is 11.5. The van der Waals surface area contributed by atoms with Crippen molar-refractivity contribution in [2.75, 3.05) is 7.05 Å². The quantitative estimate of drug-likeness (QED) is 0.687. The molecule has 1 heterocycles. The van der Waals surface area contributed by atoms with Crippen molar-refractivity contribution >= 4 is 21.8 Å². The summed E-state index contributed by atoms with van der Waals surface area (Å²) in [6, 6.07) is 12.1. The normalized spacial score (nSPS) is 12.2. The van der Waals surface area contributed by atoms with E-state index in [1.807, 2.05) is 36.2 Å². The van der Waals surface area contributed by atoms with Crippen LogP contribution >= 0.6 is 15.9 Å². The van der Waals surface area contributed by atoms with Crippen LogP contribution in [0.4, 0.5) is 0 Å². The molecule has 1 atom stereocenters. The Labute approximate surface area is 153 Å². The highest BCUT2D eigenvalue weighted by molar-refractivity contribution is 9.10. The largest absolute Gasteiger partial charge is 0.341 e. The molecule has 24 heavy (non-hydrogen) atoms.